The van der Waals surface area contributed by atoms with Gasteiger partial charge in [-0.2, -0.15) is 5.10 Å². The number of aromatic amines is 1. The molecule has 0 aromatic carbocycles. The quantitative estimate of drug-likeness (QED) is 0.665. The second kappa shape index (κ2) is 6.27. The Hall–Kier alpha value is -1.36. The molecular formula is C11H20N4O. The number of nitrogens with two attached hydrogens (primary N) is 1. The van der Waals surface area contributed by atoms with Crippen LogP contribution in [0, 0.1) is 12.8 Å². The molecule has 1 atom stereocenters. The van der Waals surface area contributed by atoms with Crippen molar-refractivity contribution in [1.82, 2.24) is 15.5 Å². The predicted octanol–water partition coefficient (Wildman–Crippen LogP) is 0.709. The molecule has 1 aromatic heterocycles. The van der Waals surface area contributed by atoms with Crippen molar-refractivity contribution >= 4 is 5.91 Å². The van der Waals surface area contributed by atoms with Gasteiger partial charge >= 0.3 is 0 Å². The van der Waals surface area contributed by atoms with Crippen LogP contribution in [0.4, 0.5) is 0 Å². The number of aryl methyl sites for hydroxylation is 1. The molecule has 1 unspecified atom stereocenters. The Balaban J connectivity index is 2.33. The fourth-order valence-corrected chi connectivity index (χ4v) is 1.48. The van der Waals surface area contributed by atoms with Crippen LogP contribution in [0.5, 0.6) is 0 Å². The van der Waals surface area contributed by atoms with Crippen molar-refractivity contribution in [3.05, 3.63) is 17.5 Å². The number of hydrogen-bond acceptors (Lipinski definition) is 3. The maximum absolute atomic E-state index is 11.6. The van der Waals surface area contributed by atoms with Crippen molar-refractivity contribution in [1.29, 1.82) is 0 Å². The summed E-state index contributed by atoms with van der Waals surface area (Å²) >= 11 is 0. The maximum Gasteiger partial charge on any atom is 0.220 e. The molecule has 4 N–H and O–H groups in total. The monoisotopic (exact) mass is 224 g/mol. The molecule has 90 valence electrons. The molecule has 5 nitrogen and oxygen atoms in total. The lowest BCUT2D eigenvalue weighted by Gasteiger charge is -2.11. The second-order valence-corrected chi connectivity index (χ2v) is 4.01. The summed E-state index contributed by atoms with van der Waals surface area (Å²) in [6.45, 7) is 5.07. The highest BCUT2D eigenvalue weighted by molar-refractivity contribution is 5.76. The van der Waals surface area contributed by atoms with Gasteiger partial charge in [-0.1, -0.05) is 13.3 Å². The normalized spacial score (nSPS) is 12.4. The Morgan fingerprint density at radius 3 is 2.94 bits per heavy atom. The summed E-state index contributed by atoms with van der Waals surface area (Å²) in [5.41, 5.74) is 7.57. The third-order valence-corrected chi connectivity index (χ3v) is 2.80. The first-order valence-corrected chi connectivity index (χ1v) is 5.63. The average molecular weight is 224 g/mol. The van der Waals surface area contributed by atoms with Crippen molar-refractivity contribution in [2.75, 3.05) is 6.54 Å². The van der Waals surface area contributed by atoms with Gasteiger partial charge in [0, 0.05) is 24.2 Å². The van der Waals surface area contributed by atoms with Gasteiger partial charge in [-0.3, -0.25) is 9.89 Å². The molecule has 16 heavy (non-hydrogen) atoms. The van der Waals surface area contributed by atoms with E-state index < -0.39 is 0 Å². The number of aromatic nitrogens is 2. The average Bonchev–Trinajstić information content (AvgIpc) is 2.69. The zero-order valence-corrected chi connectivity index (χ0v) is 9.92. The van der Waals surface area contributed by atoms with E-state index in [9.17, 15) is 4.79 Å². The van der Waals surface area contributed by atoms with Crippen LogP contribution in [-0.2, 0) is 11.3 Å². The van der Waals surface area contributed by atoms with Crippen LogP contribution < -0.4 is 11.1 Å². The first kappa shape index (κ1) is 12.7. The van der Waals surface area contributed by atoms with Gasteiger partial charge in [-0.25, -0.2) is 0 Å². The fraction of sp³-hybridized carbons (Fsp3) is 0.636. The van der Waals surface area contributed by atoms with E-state index in [0.29, 0.717) is 19.5 Å². The predicted molar refractivity (Wildman–Crippen MR) is 62.6 cm³/mol. The smallest absolute Gasteiger partial charge is 0.220 e. The van der Waals surface area contributed by atoms with Crippen molar-refractivity contribution in [3.63, 3.8) is 0 Å². The largest absolute Gasteiger partial charge is 0.352 e. The number of rotatable bonds is 6. The zero-order chi connectivity index (χ0) is 12.0. The highest BCUT2D eigenvalue weighted by Gasteiger charge is 2.10. The highest BCUT2D eigenvalue weighted by Crippen LogP contribution is 2.06. The van der Waals surface area contributed by atoms with Crippen LogP contribution >= 0.6 is 0 Å². The fourth-order valence-electron chi connectivity index (χ4n) is 1.48. The van der Waals surface area contributed by atoms with E-state index in [2.05, 4.69) is 15.5 Å². The van der Waals surface area contributed by atoms with Crippen LogP contribution in [0.15, 0.2) is 6.20 Å². The Morgan fingerprint density at radius 1 is 1.69 bits per heavy atom. The lowest BCUT2D eigenvalue weighted by Crippen LogP contribution is -2.27. The summed E-state index contributed by atoms with van der Waals surface area (Å²) < 4.78 is 0. The summed E-state index contributed by atoms with van der Waals surface area (Å²) in [5, 5.41) is 9.60. The molecule has 1 aromatic rings. The van der Waals surface area contributed by atoms with Gasteiger partial charge in [0.05, 0.1) is 6.20 Å². The van der Waals surface area contributed by atoms with E-state index >= 15 is 0 Å². The molecule has 0 saturated carbocycles. The molecular weight excluding hydrogens is 204 g/mol. The van der Waals surface area contributed by atoms with Gasteiger partial charge in [0.2, 0.25) is 5.91 Å². The van der Waals surface area contributed by atoms with Gasteiger partial charge in [0.1, 0.15) is 0 Å². The number of nitrogens with one attached hydrogen (secondary N) is 2. The van der Waals surface area contributed by atoms with Crippen molar-refractivity contribution in [2.45, 2.75) is 33.2 Å². The van der Waals surface area contributed by atoms with Gasteiger partial charge in [-0.05, 0) is 19.4 Å². The number of amides is 1. The van der Waals surface area contributed by atoms with E-state index in [-0.39, 0.29) is 11.8 Å². The summed E-state index contributed by atoms with van der Waals surface area (Å²) in [6, 6.07) is 0. The SMILES string of the molecule is CCC(CN)CC(=O)NCc1cn[nH]c1C. The molecule has 0 bridgehead atoms. The minimum Gasteiger partial charge on any atom is -0.352 e. The second-order valence-electron chi connectivity index (χ2n) is 4.01. The third kappa shape index (κ3) is 3.66. The summed E-state index contributed by atoms with van der Waals surface area (Å²) in [6.07, 6.45) is 3.18. The molecule has 0 aliphatic heterocycles. The number of carbonyl (C=O) groups is 1. The van der Waals surface area contributed by atoms with Crippen molar-refractivity contribution in [3.8, 4) is 0 Å². The molecule has 1 amide bonds. The van der Waals surface area contributed by atoms with E-state index in [0.717, 1.165) is 17.7 Å². The third-order valence-electron chi connectivity index (χ3n) is 2.80. The van der Waals surface area contributed by atoms with Gasteiger partial charge in [0.15, 0.2) is 0 Å². The van der Waals surface area contributed by atoms with Crippen molar-refractivity contribution < 1.29 is 4.79 Å². The molecule has 1 heterocycles. The number of hydrogen-bond donors (Lipinski definition) is 3. The first-order valence-electron chi connectivity index (χ1n) is 5.63. The molecule has 0 saturated heterocycles. The lowest BCUT2D eigenvalue weighted by molar-refractivity contribution is -0.122. The van der Waals surface area contributed by atoms with Gasteiger partial charge in [-0.15, -0.1) is 0 Å². The number of nitrogens with zero attached hydrogens (tertiary/aromatic N) is 1. The van der Waals surface area contributed by atoms with E-state index in [4.69, 9.17) is 5.73 Å². The van der Waals surface area contributed by atoms with Gasteiger partial charge < -0.3 is 11.1 Å². The molecule has 0 fully saturated rings. The van der Waals surface area contributed by atoms with Crippen LogP contribution in [0.2, 0.25) is 0 Å². The Morgan fingerprint density at radius 2 is 2.44 bits per heavy atom. The van der Waals surface area contributed by atoms with Crippen LogP contribution in [0.3, 0.4) is 0 Å². The minimum absolute atomic E-state index is 0.0536. The van der Waals surface area contributed by atoms with E-state index in [1.807, 2.05) is 13.8 Å². The maximum atomic E-state index is 11.6. The topological polar surface area (TPSA) is 83.8 Å². The Kier molecular flexibility index (Phi) is 4.98. The molecule has 1 rings (SSSR count). The number of carbonyl (C=O) groups excluding carboxylic acids is 1. The van der Waals surface area contributed by atoms with E-state index in [1.165, 1.54) is 0 Å². The zero-order valence-electron chi connectivity index (χ0n) is 9.92. The Labute approximate surface area is 95.8 Å². The van der Waals surface area contributed by atoms with E-state index in [1.54, 1.807) is 6.20 Å². The minimum atomic E-state index is 0.0536. The van der Waals surface area contributed by atoms with Crippen molar-refractivity contribution in [2.24, 2.45) is 11.7 Å². The van der Waals surface area contributed by atoms with Crippen LogP contribution in [0.1, 0.15) is 31.0 Å². The van der Waals surface area contributed by atoms with Crippen LogP contribution in [-0.4, -0.2) is 22.6 Å². The standard InChI is InChI=1S/C11H20N4O/c1-3-9(5-12)4-11(16)13-6-10-7-14-15-8(10)2/h7,9H,3-6,12H2,1-2H3,(H,13,16)(H,14,15). The van der Waals surface area contributed by atoms with Crippen LogP contribution in [0.25, 0.3) is 0 Å². The highest BCUT2D eigenvalue weighted by atomic mass is 16.1. The molecule has 0 spiro atoms. The number of H-pyrrole nitrogens is 1. The lowest BCUT2D eigenvalue weighted by atomic mass is 10.0. The first-order chi connectivity index (χ1) is 7.67. The summed E-state index contributed by atoms with van der Waals surface area (Å²) in [7, 11) is 0. The Bertz CT molecular complexity index is 330. The molecule has 0 radical (unpaired) electrons. The molecule has 5 heteroatoms. The summed E-state index contributed by atoms with van der Waals surface area (Å²) in [4.78, 5) is 11.6. The molecule has 0 aliphatic carbocycles. The van der Waals surface area contributed by atoms with Gasteiger partial charge in [0.25, 0.3) is 0 Å². The summed E-state index contributed by atoms with van der Waals surface area (Å²) in [5.74, 6) is 0.336. The molecule has 0 aliphatic rings.